The van der Waals surface area contributed by atoms with Crippen molar-refractivity contribution in [3.05, 3.63) is 54.1 Å². The second-order valence-electron chi connectivity index (χ2n) is 4.50. The van der Waals surface area contributed by atoms with Crippen LogP contribution in [-0.2, 0) is 6.54 Å². The van der Waals surface area contributed by atoms with Gasteiger partial charge >= 0.3 is 0 Å². The minimum Gasteiger partial charge on any atom is -0.496 e. The van der Waals surface area contributed by atoms with E-state index in [1.54, 1.807) is 7.11 Å². The zero-order chi connectivity index (χ0) is 13.2. The van der Waals surface area contributed by atoms with E-state index in [1.807, 2.05) is 24.3 Å². The van der Waals surface area contributed by atoms with E-state index in [9.17, 15) is 0 Å². The van der Waals surface area contributed by atoms with Gasteiger partial charge in [0.25, 0.3) is 0 Å². The maximum absolute atomic E-state index is 5.76. The quantitative estimate of drug-likeness (QED) is 0.751. The molecule has 0 fully saturated rings. The van der Waals surface area contributed by atoms with Gasteiger partial charge in [0.15, 0.2) is 0 Å². The van der Waals surface area contributed by atoms with Crippen molar-refractivity contribution in [2.45, 2.75) is 6.54 Å². The second-order valence-corrected chi connectivity index (χ2v) is 4.50. The maximum atomic E-state index is 5.76. The molecule has 0 spiro atoms. The molecule has 0 atom stereocenters. The third kappa shape index (κ3) is 2.09. The number of fused-ring (bicyclic) bond motifs is 1. The molecule has 3 rings (SSSR count). The summed E-state index contributed by atoms with van der Waals surface area (Å²) < 4.78 is 5.30. The van der Waals surface area contributed by atoms with E-state index < -0.39 is 0 Å². The first-order valence-electron chi connectivity index (χ1n) is 6.27. The lowest BCUT2D eigenvalue weighted by atomic mass is 10.1. The van der Waals surface area contributed by atoms with Gasteiger partial charge in [-0.15, -0.1) is 0 Å². The Balaban J connectivity index is 2.10. The lowest BCUT2D eigenvalue weighted by Gasteiger charge is -2.08. The van der Waals surface area contributed by atoms with Gasteiger partial charge < -0.3 is 15.5 Å². The Kier molecular flexibility index (Phi) is 2.97. The molecule has 3 aromatic rings. The molecule has 0 unspecified atom stereocenters. The van der Waals surface area contributed by atoms with Gasteiger partial charge in [0.2, 0.25) is 0 Å². The van der Waals surface area contributed by atoms with Crippen molar-refractivity contribution < 1.29 is 4.74 Å². The van der Waals surface area contributed by atoms with Crippen LogP contribution in [0.5, 0.6) is 5.75 Å². The van der Waals surface area contributed by atoms with Crippen LogP contribution < -0.4 is 10.5 Å². The molecule has 2 aromatic carbocycles. The van der Waals surface area contributed by atoms with E-state index >= 15 is 0 Å². The third-order valence-electron chi connectivity index (χ3n) is 3.34. The fourth-order valence-corrected chi connectivity index (χ4v) is 2.33. The lowest BCUT2D eigenvalue weighted by molar-refractivity contribution is 0.410. The highest BCUT2D eigenvalue weighted by molar-refractivity contribution is 5.85. The summed E-state index contributed by atoms with van der Waals surface area (Å²) in [5.74, 6) is 0.836. The second kappa shape index (κ2) is 4.78. The van der Waals surface area contributed by atoms with Crippen molar-refractivity contribution >= 4 is 10.9 Å². The molecule has 0 aliphatic heterocycles. The molecule has 3 heteroatoms. The first-order chi connectivity index (χ1) is 9.31. The SMILES string of the molecule is COc1ccc(-c2cc3ccccc3[nH]2)cc1CN. The van der Waals surface area contributed by atoms with Crippen molar-refractivity contribution in [2.75, 3.05) is 7.11 Å². The number of aromatic amines is 1. The first-order valence-corrected chi connectivity index (χ1v) is 6.27. The van der Waals surface area contributed by atoms with Crippen LogP contribution in [0.25, 0.3) is 22.2 Å². The fourth-order valence-electron chi connectivity index (χ4n) is 2.33. The lowest BCUT2D eigenvalue weighted by Crippen LogP contribution is -2.00. The zero-order valence-electron chi connectivity index (χ0n) is 10.8. The molecule has 3 nitrogen and oxygen atoms in total. The summed E-state index contributed by atoms with van der Waals surface area (Å²) in [7, 11) is 1.66. The van der Waals surface area contributed by atoms with Gasteiger partial charge in [-0.1, -0.05) is 18.2 Å². The van der Waals surface area contributed by atoms with Crippen LogP contribution in [0.1, 0.15) is 5.56 Å². The number of rotatable bonds is 3. The number of hydrogen-bond acceptors (Lipinski definition) is 2. The van der Waals surface area contributed by atoms with Crippen LogP contribution in [0.4, 0.5) is 0 Å². The van der Waals surface area contributed by atoms with Crippen molar-refractivity contribution in [3.63, 3.8) is 0 Å². The predicted molar refractivity (Wildman–Crippen MR) is 78.2 cm³/mol. The van der Waals surface area contributed by atoms with Crippen molar-refractivity contribution in [2.24, 2.45) is 5.73 Å². The van der Waals surface area contributed by atoms with Gasteiger partial charge in [0.05, 0.1) is 7.11 Å². The van der Waals surface area contributed by atoms with Crippen molar-refractivity contribution in [1.82, 2.24) is 4.98 Å². The number of para-hydroxylation sites is 1. The highest BCUT2D eigenvalue weighted by atomic mass is 16.5. The van der Waals surface area contributed by atoms with Crippen molar-refractivity contribution in [1.29, 1.82) is 0 Å². The summed E-state index contributed by atoms with van der Waals surface area (Å²) in [4.78, 5) is 3.42. The molecule has 96 valence electrons. The monoisotopic (exact) mass is 252 g/mol. The van der Waals surface area contributed by atoms with E-state index in [0.717, 1.165) is 28.1 Å². The molecule has 0 aliphatic rings. The molecule has 1 aromatic heterocycles. The number of ether oxygens (including phenoxy) is 1. The van der Waals surface area contributed by atoms with Crippen LogP contribution in [0.2, 0.25) is 0 Å². The van der Waals surface area contributed by atoms with Crippen LogP contribution in [0, 0.1) is 0 Å². The summed E-state index contributed by atoms with van der Waals surface area (Å²) in [5, 5.41) is 1.21. The maximum Gasteiger partial charge on any atom is 0.123 e. The molecule has 3 N–H and O–H groups in total. The molecular weight excluding hydrogens is 236 g/mol. The average Bonchev–Trinajstić information content (AvgIpc) is 2.90. The Bertz CT molecular complexity index is 683. The molecule has 0 amide bonds. The summed E-state index contributed by atoms with van der Waals surface area (Å²) in [6.07, 6.45) is 0. The van der Waals surface area contributed by atoms with Gasteiger partial charge in [-0.05, 0) is 35.9 Å². The average molecular weight is 252 g/mol. The minimum absolute atomic E-state index is 0.469. The van der Waals surface area contributed by atoms with Crippen molar-refractivity contribution in [3.8, 4) is 17.0 Å². The van der Waals surface area contributed by atoms with Crippen LogP contribution in [-0.4, -0.2) is 12.1 Å². The van der Waals surface area contributed by atoms with E-state index in [1.165, 1.54) is 5.39 Å². The highest BCUT2D eigenvalue weighted by Gasteiger charge is 2.07. The number of H-pyrrole nitrogens is 1. The Labute approximate surface area is 112 Å². The molecule has 1 heterocycles. The molecule has 0 aliphatic carbocycles. The van der Waals surface area contributed by atoms with Gasteiger partial charge in [-0.3, -0.25) is 0 Å². The zero-order valence-corrected chi connectivity index (χ0v) is 10.8. The van der Waals surface area contributed by atoms with E-state index in [2.05, 4.69) is 29.2 Å². The van der Waals surface area contributed by atoms with E-state index in [0.29, 0.717) is 6.54 Å². The molecule has 0 saturated heterocycles. The fraction of sp³-hybridized carbons (Fsp3) is 0.125. The standard InChI is InChI=1S/C16H16N2O/c1-19-16-7-6-12(8-13(16)10-17)15-9-11-4-2-3-5-14(11)18-15/h2-9,18H,10,17H2,1H3. The number of nitrogens with two attached hydrogens (primary N) is 1. The van der Waals surface area contributed by atoms with Crippen LogP contribution in [0.15, 0.2) is 48.5 Å². The number of methoxy groups -OCH3 is 1. The summed E-state index contributed by atoms with van der Waals surface area (Å²) in [6, 6.07) is 16.5. The number of benzene rings is 2. The molecule has 0 bridgehead atoms. The Morgan fingerprint density at radius 3 is 2.68 bits per heavy atom. The van der Waals surface area contributed by atoms with Gasteiger partial charge in [0.1, 0.15) is 5.75 Å². The van der Waals surface area contributed by atoms with Gasteiger partial charge in [-0.25, -0.2) is 0 Å². The molecule has 0 radical (unpaired) electrons. The number of nitrogens with one attached hydrogen (secondary N) is 1. The van der Waals surface area contributed by atoms with Crippen LogP contribution >= 0.6 is 0 Å². The Morgan fingerprint density at radius 1 is 1.11 bits per heavy atom. The summed E-state index contributed by atoms with van der Waals surface area (Å²) in [5.41, 5.74) is 10.1. The topological polar surface area (TPSA) is 51.0 Å². The summed E-state index contributed by atoms with van der Waals surface area (Å²) in [6.45, 7) is 0.469. The van der Waals surface area contributed by atoms with E-state index in [-0.39, 0.29) is 0 Å². The van der Waals surface area contributed by atoms with E-state index in [4.69, 9.17) is 10.5 Å². The Morgan fingerprint density at radius 2 is 1.95 bits per heavy atom. The van der Waals surface area contributed by atoms with Gasteiger partial charge in [-0.2, -0.15) is 0 Å². The smallest absolute Gasteiger partial charge is 0.123 e. The minimum atomic E-state index is 0.469. The normalized spacial score (nSPS) is 10.8. The molecular formula is C16H16N2O. The highest BCUT2D eigenvalue weighted by Crippen LogP contribution is 2.28. The molecule has 0 saturated carbocycles. The largest absolute Gasteiger partial charge is 0.496 e. The predicted octanol–water partition coefficient (Wildman–Crippen LogP) is 3.30. The molecule has 19 heavy (non-hydrogen) atoms. The summed E-state index contributed by atoms with van der Waals surface area (Å²) >= 11 is 0. The Hall–Kier alpha value is -2.26. The van der Waals surface area contributed by atoms with Gasteiger partial charge in [0, 0.05) is 28.7 Å². The first kappa shape index (κ1) is 11.8. The van der Waals surface area contributed by atoms with Crippen LogP contribution in [0.3, 0.4) is 0 Å². The third-order valence-corrected chi connectivity index (χ3v) is 3.34. The number of aromatic nitrogens is 1. The number of hydrogen-bond donors (Lipinski definition) is 2.